The van der Waals surface area contributed by atoms with Crippen LogP contribution in [0.3, 0.4) is 0 Å². The Morgan fingerprint density at radius 2 is 2.06 bits per heavy atom. The van der Waals surface area contributed by atoms with Gasteiger partial charge in [-0.05, 0) is 19.3 Å². The number of fused-ring (bicyclic) bond motifs is 1. The predicted molar refractivity (Wildman–Crippen MR) is 60.9 cm³/mol. The Balaban J connectivity index is 2.70. The normalized spacial score (nSPS) is 32.9. The minimum atomic E-state index is -1.60. The number of rotatable bonds is 0. The molecule has 1 aliphatic heterocycles. The monoisotopic (exact) mass is 240 g/mol. The van der Waals surface area contributed by atoms with E-state index in [1.54, 1.807) is 6.92 Å². The average molecular weight is 240 g/mol. The number of nitrogens with one attached hydrogen (secondary N) is 1. The zero-order valence-electron chi connectivity index (χ0n) is 10.0. The van der Waals surface area contributed by atoms with Gasteiger partial charge in [-0.15, -0.1) is 0 Å². The lowest BCUT2D eigenvalue weighted by Gasteiger charge is -2.48. The fourth-order valence-corrected chi connectivity index (χ4v) is 2.94. The zero-order chi connectivity index (χ0) is 13.4. The lowest BCUT2D eigenvalue weighted by molar-refractivity contribution is -0.129. The smallest absolute Gasteiger partial charge is 0.244 e. The fraction of sp³-hybridized carbons (Fsp3) is 0.538. The van der Waals surface area contributed by atoms with E-state index >= 15 is 0 Å². The molecule has 2 atom stereocenters. The number of amides is 1. The maximum absolute atomic E-state index is 11.9. The Bertz CT molecular complexity index is 543. The lowest BCUT2D eigenvalue weighted by atomic mass is 9.53. The molecule has 0 spiro atoms. The van der Waals surface area contributed by atoms with Gasteiger partial charge < -0.3 is 5.32 Å². The van der Waals surface area contributed by atoms with Crippen molar-refractivity contribution in [1.29, 1.82) is 15.8 Å². The van der Waals surface area contributed by atoms with Crippen molar-refractivity contribution in [3.8, 4) is 18.2 Å². The average Bonchev–Trinajstić information content (AvgIpc) is 2.37. The maximum Gasteiger partial charge on any atom is 0.244 e. The van der Waals surface area contributed by atoms with Gasteiger partial charge in [0, 0.05) is 11.1 Å². The van der Waals surface area contributed by atoms with Crippen molar-refractivity contribution in [2.24, 2.45) is 16.7 Å². The standard InChI is InChI=1S/C13H12N4O/c1-12-5-3-2-4-10(12)17-11(18)9(6-14)13(12,7-15)8-16/h4,9H,2-3,5H2,1H3,(H,17,18). The quantitative estimate of drug-likeness (QED) is 0.690. The third-order valence-corrected chi connectivity index (χ3v) is 4.13. The molecule has 2 unspecified atom stereocenters. The molecule has 0 radical (unpaired) electrons. The molecule has 0 aromatic rings. The Labute approximate surface area is 105 Å². The molecule has 1 saturated heterocycles. The van der Waals surface area contributed by atoms with E-state index in [9.17, 15) is 15.3 Å². The summed E-state index contributed by atoms with van der Waals surface area (Å²) in [6.07, 6.45) is 4.14. The van der Waals surface area contributed by atoms with E-state index in [4.69, 9.17) is 5.26 Å². The third-order valence-electron chi connectivity index (χ3n) is 4.13. The van der Waals surface area contributed by atoms with Crippen LogP contribution in [-0.4, -0.2) is 5.91 Å². The van der Waals surface area contributed by atoms with E-state index in [2.05, 4.69) is 5.32 Å². The lowest BCUT2D eigenvalue weighted by Crippen LogP contribution is -2.58. The number of allylic oxidation sites excluding steroid dienone is 2. The molecule has 1 N–H and O–H groups in total. The number of nitriles is 3. The molecular weight excluding hydrogens is 228 g/mol. The van der Waals surface area contributed by atoms with Crippen molar-refractivity contribution in [2.75, 3.05) is 0 Å². The first kappa shape index (κ1) is 12.1. The van der Waals surface area contributed by atoms with Gasteiger partial charge in [-0.3, -0.25) is 4.79 Å². The fourth-order valence-electron chi connectivity index (χ4n) is 2.94. The summed E-state index contributed by atoms with van der Waals surface area (Å²) in [5.41, 5.74) is -1.76. The molecule has 1 amide bonds. The largest absolute Gasteiger partial charge is 0.328 e. The van der Waals surface area contributed by atoms with Gasteiger partial charge in [0.25, 0.3) is 0 Å². The summed E-state index contributed by atoms with van der Waals surface area (Å²) in [5, 5.41) is 30.7. The molecule has 1 fully saturated rings. The van der Waals surface area contributed by atoms with E-state index in [1.165, 1.54) is 0 Å². The van der Waals surface area contributed by atoms with Gasteiger partial charge in [-0.1, -0.05) is 13.0 Å². The van der Waals surface area contributed by atoms with E-state index in [1.807, 2.05) is 24.3 Å². The molecule has 90 valence electrons. The number of hydrogen-bond donors (Lipinski definition) is 1. The Hall–Kier alpha value is -2.32. The van der Waals surface area contributed by atoms with Crippen LogP contribution in [0.2, 0.25) is 0 Å². The van der Waals surface area contributed by atoms with Crippen molar-refractivity contribution in [3.05, 3.63) is 11.8 Å². The second-order valence-electron chi connectivity index (χ2n) is 4.93. The summed E-state index contributed by atoms with van der Waals surface area (Å²) in [6, 6.07) is 5.73. The second kappa shape index (κ2) is 3.86. The van der Waals surface area contributed by atoms with Crippen molar-refractivity contribution in [2.45, 2.75) is 26.2 Å². The summed E-state index contributed by atoms with van der Waals surface area (Å²) in [7, 11) is 0. The molecule has 0 aromatic carbocycles. The van der Waals surface area contributed by atoms with Crippen molar-refractivity contribution < 1.29 is 4.79 Å². The molecule has 18 heavy (non-hydrogen) atoms. The highest BCUT2D eigenvalue weighted by Gasteiger charge is 2.62. The van der Waals surface area contributed by atoms with E-state index in [0.717, 1.165) is 12.8 Å². The molecule has 5 heteroatoms. The molecule has 1 heterocycles. The van der Waals surface area contributed by atoms with Crippen LogP contribution >= 0.6 is 0 Å². The summed E-state index contributed by atoms with van der Waals surface area (Å²) in [4.78, 5) is 11.9. The molecule has 0 aromatic heterocycles. The zero-order valence-corrected chi connectivity index (χ0v) is 10.0. The van der Waals surface area contributed by atoms with Crippen LogP contribution < -0.4 is 5.32 Å². The second-order valence-corrected chi connectivity index (χ2v) is 4.93. The van der Waals surface area contributed by atoms with Gasteiger partial charge >= 0.3 is 0 Å². The van der Waals surface area contributed by atoms with Gasteiger partial charge in [0.1, 0.15) is 0 Å². The van der Waals surface area contributed by atoms with Crippen molar-refractivity contribution >= 4 is 5.91 Å². The highest BCUT2D eigenvalue weighted by Crippen LogP contribution is 2.55. The molecule has 5 nitrogen and oxygen atoms in total. The number of piperidine rings is 1. The van der Waals surface area contributed by atoms with E-state index in [-0.39, 0.29) is 0 Å². The number of carbonyl (C=O) groups excluding carboxylic acids is 1. The first-order valence-electron chi connectivity index (χ1n) is 5.79. The maximum atomic E-state index is 11.9. The SMILES string of the molecule is CC12CCCC=C1NC(=O)C(C#N)C2(C#N)C#N. The third kappa shape index (κ3) is 1.21. The molecular formula is C13H12N4O. The van der Waals surface area contributed by atoms with Crippen LogP contribution in [0.25, 0.3) is 0 Å². The Kier molecular flexibility index (Phi) is 2.60. The Morgan fingerprint density at radius 1 is 1.39 bits per heavy atom. The van der Waals surface area contributed by atoms with Crippen LogP contribution in [0.5, 0.6) is 0 Å². The molecule has 2 rings (SSSR count). The first-order valence-corrected chi connectivity index (χ1v) is 5.79. The summed E-state index contributed by atoms with van der Waals surface area (Å²) in [5.74, 6) is -1.79. The minimum absolute atomic E-state index is 0.550. The molecule has 2 aliphatic rings. The van der Waals surface area contributed by atoms with Crippen LogP contribution in [-0.2, 0) is 4.79 Å². The number of nitrogens with zero attached hydrogens (tertiary/aromatic N) is 3. The molecule has 0 bridgehead atoms. The summed E-state index contributed by atoms with van der Waals surface area (Å²) < 4.78 is 0. The van der Waals surface area contributed by atoms with Crippen molar-refractivity contribution in [3.63, 3.8) is 0 Å². The van der Waals surface area contributed by atoms with Crippen LogP contribution in [0.1, 0.15) is 26.2 Å². The highest BCUT2D eigenvalue weighted by molar-refractivity contribution is 5.87. The van der Waals surface area contributed by atoms with Crippen molar-refractivity contribution in [1.82, 2.24) is 5.32 Å². The van der Waals surface area contributed by atoms with Gasteiger partial charge in [0.15, 0.2) is 11.3 Å². The summed E-state index contributed by atoms with van der Waals surface area (Å²) in [6.45, 7) is 1.79. The topological polar surface area (TPSA) is 100 Å². The number of carbonyl (C=O) groups is 1. The van der Waals surface area contributed by atoms with Crippen LogP contribution in [0.4, 0.5) is 0 Å². The first-order chi connectivity index (χ1) is 8.55. The van der Waals surface area contributed by atoms with Gasteiger partial charge in [0.05, 0.1) is 18.2 Å². The van der Waals surface area contributed by atoms with E-state index in [0.29, 0.717) is 12.1 Å². The predicted octanol–water partition coefficient (Wildman–Crippen LogP) is 1.36. The Morgan fingerprint density at radius 3 is 2.61 bits per heavy atom. The number of hydrogen-bond acceptors (Lipinski definition) is 4. The molecule has 0 saturated carbocycles. The van der Waals surface area contributed by atoms with Gasteiger partial charge in [0.2, 0.25) is 5.91 Å². The van der Waals surface area contributed by atoms with Gasteiger partial charge in [-0.25, -0.2) is 0 Å². The highest BCUT2D eigenvalue weighted by atomic mass is 16.2. The summed E-state index contributed by atoms with van der Waals surface area (Å²) >= 11 is 0. The molecule has 1 aliphatic carbocycles. The van der Waals surface area contributed by atoms with Crippen LogP contribution in [0.15, 0.2) is 11.8 Å². The van der Waals surface area contributed by atoms with Crippen LogP contribution in [0, 0.1) is 50.7 Å². The minimum Gasteiger partial charge on any atom is -0.328 e. The van der Waals surface area contributed by atoms with E-state index < -0.39 is 22.7 Å². The van der Waals surface area contributed by atoms with Gasteiger partial charge in [-0.2, -0.15) is 15.8 Å².